The molecule has 3 aliphatic rings. The highest BCUT2D eigenvalue weighted by molar-refractivity contribution is 4.97. The SMILES string of the molecule is CCC1CC2CC3(CC2C1)OCCO3. The summed E-state index contributed by atoms with van der Waals surface area (Å²) >= 11 is 0. The van der Waals surface area contributed by atoms with E-state index in [0.29, 0.717) is 0 Å². The molecule has 3 rings (SSSR count). The zero-order valence-corrected chi connectivity index (χ0v) is 9.00. The Morgan fingerprint density at radius 3 is 2.14 bits per heavy atom. The normalized spacial score (nSPS) is 44.8. The van der Waals surface area contributed by atoms with Crippen LogP contribution in [0.25, 0.3) is 0 Å². The molecule has 2 aliphatic carbocycles. The molecule has 2 saturated carbocycles. The maximum Gasteiger partial charge on any atom is 0.169 e. The molecule has 0 radical (unpaired) electrons. The quantitative estimate of drug-likeness (QED) is 0.641. The predicted octanol–water partition coefficient (Wildman–Crippen LogP) is 2.58. The second-order valence-electron chi connectivity index (χ2n) is 5.28. The lowest BCUT2D eigenvalue weighted by Gasteiger charge is -2.23. The first-order chi connectivity index (χ1) is 6.81. The van der Waals surface area contributed by atoms with Gasteiger partial charge in [0.05, 0.1) is 13.2 Å². The van der Waals surface area contributed by atoms with E-state index in [2.05, 4.69) is 6.92 Å². The van der Waals surface area contributed by atoms with Crippen molar-refractivity contribution in [3.8, 4) is 0 Å². The highest BCUT2D eigenvalue weighted by atomic mass is 16.7. The summed E-state index contributed by atoms with van der Waals surface area (Å²) in [6.45, 7) is 3.96. The van der Waals surface area contributed by atoms with Crippen LogP contribution in [0.2, 0.25) is 0 Å². The van der Waals surface area contributed by atoms with Crippen LogP contribution in [0.3, 0.4) is 0 Å². The van der Waals surface area contributed by atoms with Crippen LogP contribution < -0.4 is 0 Å². The van der Waals surface area contributed by atoms with Crippen molar-refractivity contribution in [2.24, 2.45) is 17.8 Å². The molecule has 0 aromatic carbocycles. The summed E-state index contributed by atoms with van der Waals surface area (Å²) in [5.74, 6) is 2.66. The Labute approximate surface area is 86.0 Å². The maximum absolute atomic E-state index is 5.78. The van der Waals surface area contributed by atoms with Crippen molar-refractivity contribution >= 4 is 0 Å². The van der Waals surface area contributed by atoms with Gasteiger partial charge in [-0.1, -0.05) is 13.3 Å². The molecule has 3 fully saturated rings. The van der Waals surface area contributed by atoms with Crippen molar-refractivity contribution in [3.63, 3.8) is 0 Å². The predicted molar refractivity (Wildman–Crippen MR) is 53.9 cm³/mol. The van der Waals surface area contributed by atoms with Crippen LogP contribution >= 0.6 is 0 Å². The molecule has 0 aromatic heterocycles. The van der Waals surface area contributed by atoms with Gasteiger partial charge in [-0.05, 0) is 30.6 Å². The smallest absolute Gasteiger partial charge is 0.169 e. The van der Waals surface area contributed by atoms with E-state index in [1.807, 2.05) is 0 Å². The van der Waals surface area contributed by atoms with Gasteiger partial charge in [0.25, 0.3) is 0 Å². The van der Waals surface area contributed by atoms with Crippen LogP contribution in [0.5, 0.6) is 0 Å². The molecule has 0 bridgehead atoms. The van der Waals surface area contributed by atoms with E-state index >= 15 is 0 Å². The zero-order chi connectivity index (χ0) is 9.60. The Bertz CT molecular complexity index is 204. The van der Waals surface area contributed by atoms with Gasteiger partial charge in [0.2, 0.25) is 0 Å². The Kier molecular flexibility index (Phi) is 2.10. The fourth-order valence-corrected chi connectivity index (χ4v) is 3.79. The molecule has 1 spiro atoms. The van der Waals surface area contributed by atoms with Gasteiger partial charge in [0, 0.05) is 12.8 Å². The van der Waals surface area contributed by atoms with Crippen molar-refractivity contribution in [1.82, 2.24) is 0 Å². The monoisotopic (exact) mass is 196 g/mol. The van der Waals surface area contributed by atoms with E-state index in [-0.39, 0.29) is 5.79 Å². The fourth-order valence-electron chi connectivity index (χ4n) is 3.79. The van der Waals surface area contributed by atoms with Gasteiger partial charge in [-0.15, -0.1) is 0 Å². The van der Waals surface area contributed by atoms with Gasteiger partial charge in [-0.25, -0.2) is 0 Å². The molecule has 1 heterocycles. The van der Waals surface area contributed by atoms with E-state index in [4.69, 9.17) is 9.47 Å². The maximum atomic E-state index is 5.78. The van der Waals surface area contributed by atoms with E-state index in [9.17, 15) is 0 Å². The second-order valence-corrected chi connectivity index (χ2v) is 5.28. The van der Waals surface area contributed by atoms with Gasteiger partial charge in [0.15, 0.2) is 5.79 Å². The third kappa shape index (κ3) is 1.31. The summed E-state index contributed by atoms with van der Waals surface area (Å²) in [6.07, 6.45) is 6.56. The van der Waals surface area contributed by atoms with Crippen LogP contribution in [-0.2, 0) is 9.47 Å². The van der Waals surface area contributed by atoms with Gasteiger partial charge in [-0.3, -0.25) is 0 Å². The minimum atomic E-state index is -0.131. The molecule has 14 heavy (non-hydrogen) atoms. The van der Waals surface area contributed by atoms with E-state index in [1.165, 1.54) is 32.1 Å². The summed E-state index contributed by atoms with van der Waals surface area (Å²) in [5.41, 5.74) is 0. The molecule has 2 nitrogen and oxygen atoms in total. The highest BCUT2D eigenvalue weighted by Crippen LogP contribution is 2.54. The van der Waals surface area contributed by atoms with Gasteiger partial charge < -0.3 is 9.47 Å². The standard InChI is InChI=1S/C12H20O2/c1-2-9-5-10-7-12(8-11(10)6-9)13-3-4-14-12/h9-11H,2-8H2,1H3. The lowest BCUT2D eigenvalue weighted by atomic mass is 9.99. The second kappa shape index (κ2) is 3.21. The van der Waals surface area contributed by atoms with Gasteiger partial charge in [-0.2, -0.15) is 0 Å². The number of hydrogen-bond donors (Lipinski definition) is 0. The summed E-state index contributed by atoms with van der Waals surface area (Å²) in [6, 6.07) is 0. The molecule has 2 unspecified atom stereocenters. The fraction of sp³-hybridized carbons (Fsp3) is 1.00. The van der Waals surface area contributed by atoms with Gasteiger partial charge in [0.1, 0.15) is 0 Å². The molecule has 80 valence electrons. The lowest BCUT2D eigenvalue weighted by Crippen LogP contribution is -2.27. The Hall–Kier alpha value is -0.0800. The van der Waals surface area contributed by atoms with Crippen molar-refractivity contribution in [1.29, 1.82) is 0 Å². The largest absolute Gasteiger partial charge is 0.348 e. The average Bonchev–Trinajstić information content (AvgIpc) is 2.81. The Balaban J connectivity index is 1.68. The van der Waals surface area contributed by atoms with Crippen molar-refractivity contribution in [2.75, 3.05) is 13.2 Å². The first-order valence-corrected chi connectivity index (χ1v) is 6.09. The molecule has 0 amide bonds. The number of ether oxygens (including phenoxy) is 2. The van der Waals surface area contributed by atoms with Crippen LogP contribution in [0.1, 0.15) is 39.0 Å². The van der Waals surface area contributed by atoms with Crippen molar-refractivity contribution in [3.05, 3.63) is 0 Å². The third-order valence-electron chi connectivity index (χ3n) is 4.48. The third-order valence-corrected chi connectivity index (χ3v) is 4.48. The van der Waals surface area contributed by atoms with E-state index < -0.39 is 0 Å². The van der Waals surface area contributed by atoms with Crippen LogP contribution in [-0.4, -0.2) is 19.0 Å². The average molecular weight is 196 g/mol. The highest BCUT2D eigenvalue weighted by Gasteiger charge is 2.52. The van der Waals surface area contributed by atoms with E-state index in [1.54, 1.807) is 0 Å². The van der Waals surface area contributed by atoms with Crippen LogP contribution in [0.4, 0.5) is 0 Å². The Morgan fingerprint density at radius 1 is 1.07 bits per heavy atom. The first kappa shape index (κ1) is 9.17. The molecule has 2 atom stereocenters. The number of hydrogen-bond acceptors (Lipinski definition) is 2. The first-order valence-electron chi connectivity index (χ1n) is 6.09. The number of rotatable bonds is 1. The van der Waals surface area contributed by atoms with E-state index in [0.717, 1.165) is 31.0 Å². The molecule has 0 aromatic rings. The molecular weight excluding hydrogens is 176 g/mol. The van der Waals surface area contributed by atoms with Gasteiger partial charge >= 0.3 is 0 Å². The molecule has 1 saturated heterocycles. The topological polar surface area (TPSA) is 18.5 Å². The minimum Gasteiger partial charge on any atom is -0.348 e. The van der Waals surface area contributed by atoms with Crippen LogP contribution in [0.15, 0.2) is 0 Å². The zero-order valence-electron chi connectivity index (χ0n) is 9.00. The summed E-state index contributed by atoms with van der Waals surface area (Å²) in [5, 5.41) is 0. The minimum absolute atomic E-state index is 0.131. The molecular formula is C12H20O2. The lowest BCUT2D eigenvalue weighted by molar-refractivity contribution is -0.155. The van der Waals surface area contributed by atoms with Crippen molar-refractivity contribution in [2.45, 2.75) is 44.8 Å². The summed E-state index contributed by atoms with van der Waals surface area (Å²) in [7, 11) is 0. The molecule has 2 heteroatoms. The molecule has 1 aliphatic heterocycles. The number of fused-ring (bicyclic) bond motifs is 1. The summed E-state index contributed by atoms with van der Waals surface area (Å²) in [4.78, 5) is 0. The van der Waals surface area contributed by atoms with Crippen LogP contribution in [0, 0.1) is 17.8 Å². The molecule has 0 N–H and O–H groups in total. The summed E-state index contributed by atoms with van der Waals surface area (Å²) < 4.78 is 11.6. The van der Waals surface area contributed by atoms with Crippen molar-refractivity contribution < 1.29 is 9.47 Å². The Morgan fingerprint density at radius 2 is 1.64 bits per heavy atom.